The van der Waals surface area contributed by atoms with Crippen molar-refractivity contribution in [3.05, 3.63) is 66.2 Å². The smallest absolute Gasteiger partial charge is 0.306 e. The molecule has 0 saturated carbocycles. The molecule has 0 radical (unpaired) electrons. The molecule has 6 heteroatoms. The van der Waals surface area contributed by atoms with Crippen LogP contribution in [0.5, 0.6) is 0 Å². The van der Waals surface area contributed by atoms with Gasteiger partial charge in [-0.25, -0.2) is 0 Å². The summed E-state index contributed by atoms with van der Waals surface area (Å²) in [6.45, 7) is 1.17. The molecule has 0 bridgehead atoms. The standard InChI is InChI=1S/C17H21N2O2PS/c1-21-17(20)12-13-18-22(23,16-10-6-3-7-11-16)19-14-15-8-4-2-5-9-15/h2-11H,12-14H2,1H3,(H2,18,19,23). The van der Waals surface area contributed by atoms with Gasteiger partial charge < -0.3 is 4.74 Å². The molecule has 2 aromatic carbocycles. The number of hydrogen-bond donors (Lipinski definition) is 2. The first-order valence-corrected chi connectivity index (χ1v) is 10.2. The SMILES string of the molecule is COC(=O)CCNP(=S)(NCc1ccccc1)c1ccccc1. The highest BCUT2D eigenvalue weighted by Gasteiger charge is 2.18. The van der Waals surface area contributed by atoms with Crippen molar-refractivity contribution in [2.75, 3.05) is 13.7 Å². The number of carbonyl (C=O) groups is 1. The van der Waals surface area contributed by atoms with Crippen molar-refractivity contribution in [2.45, 2.75) is 13.0 Å². The molecule has 0 aliphatic rings. The summed E-state index contributed by atoms with van der Waals surface area (Å²) in [6, 6.07) is 20.1. The number of nitrogens with one attached hydrogen (secondary N) is 2. The van der Waals surface area contributed by atoms with Gasteiger partial charge in [0.15, 0.2) is 0 Å². The number of rotatable bonds is 8. The summed E-state index contributed by atoms with van der Waals surface area (Å²) in [6.07, 6.45) is -1.88. The van der Waals surface area contributed by atoms with E-state index in [4.69, 9.17) is 11.8 Å². The molecule has 2 N–H and O–H groups in total. The Morgan fingerprint density at radius 3 is 2.26 bits per heavy atom. The van der Waals surface area contributed by atoms with Crippen LogP contribution in [0.2, 0.25) is 0 Å². The van der Waals surface area contributed by atoms with E-state index in [1.54, 1.807) is 0 Å². The van der Waals surface area contributed by atoms with E-state index in [0.717, 1.165) is 5.30 Å². The monoisotopic (exact) mass is 348 g/mol. The Bertz CT molecular complexity index is 665. The highest BCUT2D eigenvalue weighted by molar-refractivity contribution is 8.16. The minimum atomic E-state index is -2.18. The van der Waals surface area contributed by atoms with Crippen LogP contribution in [0.25, 0.3) is 0 Å². The van der Waals surface area contributed by atoms with Crippen LogP contribution < -0.4 is 15.5 Å². The zero-order chi connectivity index (χ0) is 16.5. The molecule has 0 saturated heterocycles. The maximum atomic E-state index is 11.3. The van der Waals surface area contributed by atoms with Crippen molar-refractivity contribution >= 4 is 29.4 Å². The van der Waals surface area contributed by atoms with Gasteiger partial charge in [-0.3, -0.25) is 15.0 Å². The highest BCUT2D eigenvalue weighted by atomic mass is 32.4. The van der Waals surface area contributed by atoms with E-state index in [1.165, 1.54) is 12.7 Å². The third kappa shape index (κ3) is 5.56. The molecular formula is C17H21N2O2PS. The molecule has 2 aromatic rings. The quantitative estimate of drug-likeness (QED) is 0.567. The van der Waals surface area contributed by atoms with Crippen LogP contribution in [0.3, 0.4) is 0 Å². The predicted molar refractivity (Wildman–Crippen MR) is 98.3 cm³/mol. The van der Waals surface area contributed by atoms with E-state index < -0.39 is 6.34 Å². The van der Waals surface area contributed by atoms with Gasteiger partial charge in [0, 0.05) is 18.4 Å². The number of benzene rings is 2. The Balaban J connectivity index is 2.08. The first-order valence-electron chi connectivity index (χ1n) is 7.41. The van der Waals surface area contributed by atoms with Gasteiger partial charge in [0.05, 0.1) is 13.5 Å². The summed E-state index contributed by atoms with van der Waals surface area (Å²) in [7, 11) is 1.39. The number of hydrogen-bond acceptors (Lipinski definition) is 3. The van der Waals surface area contributed by atoms with Crippen LogP contribution in [0.4, 0.5) is 0 Å². The second kappa shape index (κ2) is 8.94. The molecule has 1 atom stereocenters. The minimum absolute atomic E-state index is 0.241. The Labute approximate surface area is 142 Å². The molecule has 0 aliphatic heterocycles. The Kier molecular flexibility index (Phi) is 6.93. The summed E-state index contributed by atoms with van der Waals surface area (Å²) in [4.78, 5) is 11.3. The molecule has 0 heterocycles. The van der Waals surface area contributed by atoms with Crippen molar-refractivity contribution in [3.8, 4) is 0 Å². The predicted octanol–water partition coefficient (Wildman–Crippen LogP) is 2.56. The lowest BCUT2D eigenvalue weighted by atomic mass is 10.2. The summed E-state index contributed by atoms with van der Waals surface area (Å²) >= 11 is 5.89. The number of esters is 1. The van der Waals surface area contributed by atoms with E-state index >= 15 is 0 Å². The molecule has 0 aromatic heterocycles. The third-order valence-corrected chi connectivity index (χ3v) is 7.06. The van der Waals surface area contributed by atoms with Crippen molar-refractivity contribution in [1.29, 1.82) is 0 Å². The average molecular weight is 348 g/mol. The van der Waals surface area contributed by atoms with Gasteiger partial charge in [-0.1, -0.05) is 72.5 Å². The van der Waals surface area contributed by atoms with E-state index in [2.05, 4.69) is 27.0 Å². The third-order valence-electron chi connectivity index (χ3n) is 3.36. The molecule has 0 spiro atoms. The van der Waals surface area contributed by atoms with Crippen LogP contribution in [-0.2, 0) is 27.9 Å². The van der Waals surface area contributed by atoms with E-state index in [9.17, 15) is 4.79 Å². The van der Waals surface area contributed by atoms with Gasteiger partial charge in [-0.05, 0) is 5.56 Å². The normalized spacial score (nSPS) is 13.3. The van der Waals surface area contributed by atoms with Crippen molar-refractivity contribution in [1.82, 2.24) is 10.2 Å². The van der Waals surface area contributed by atoms with Gasteiger partial charge in [-0.2, -0.15) is 0 Å². The number of methoxy groups -OCH3 is 1. The number of carbonyl (C=O) groups excluding carboxylic acids is 1. The zero-order valence-corrected chi connectivity index (χ0v) is 14.8. The molecule has 1 unspecified atom stereocenters. The molecule has 0 aliphatic carbocycles. The largest absolute Gasteiger partial charge is 0.469 e. The van der Waals surface area contributed by atoms with E-state index in [0.29, 0.717) is 19.5 Å². The fraction of sp³-hybridized carbons (Fsp3) is 0.235. The maximum absolute atomic E-state index is 11.3. The molecule has 122 valence electrons. The minimum Gasteiger partial charge on any atom is -0.469 e. The molecule has 2 rings (SSSR count). The average Bonchev–Trinajstić information content (AvgIpc) is 2.61. The Morgan fingerprint density at radius 2 is 1.65 bits per heavy atom. The van der Waals surface area contributed by atoms with Crippen LogP contribution in [0.1, 0.15) is 12.0 Å². The maximum Gasteiger partial charge on any atom is 0.306 e. The van der Waals surface area contributed by atoms with Gasteiger partial charge in [0.2, 0.25) is 0 Å². The van der Waals surface area contributed by atoms with Crippen molar-refractivity contribution < 1.29 is 9.53 Å². The van der Waals surface area contributed by atoms with Crippen molar-refractivity contribution in [3.63, 3.8) is 0 Å². The van der Waals surface area contributed by atoms with Gasteiger partial charge in [-0.15, -0.1) is 0 Å². The first kappa shape index (κ1) is 17.8. The van der Waals surface area contributed by atoms with Gasteiger partial charge >= 0.3 is 5.97 Å². The molecular weight excluding hydrogens is 327 g/mol. The van der Waals surface area contributed by atoms with Gasteiger partial charge in [0.1, 0.15) is 6.34 Å². The second-order valence-corrected chi connectivity index (χ2v) is 9.01. The van der Waals surface area contributed by atoms with Gasteiger partial charge in [0.25, 0.3) is 0 Å². The molecule has 0 amide bonds. The Morgan fingerprint density at radius 1 is 1.04 bits per heavy atom. The summed E-state index contributed by atoms with van der Waals surface area (Å²) in [5, 5.41) is 7.90. The van der Waals surface area contributed by atoms with Crippen LogP contribution >= 0.6 is 6.34 Å². The highest BCUT2D eigenvalue weighted by Crippen LogP contribution is 2.35. The first-order chi connectivity index (χ1) is 11.1. The van der Waals surface area contributed by atoms with E-state index in [-0.39, 0.29) is 5.97 Å². The summed E-state index contributed by atoms with van der Waals surface area (Å²) in [5.41, 5.74) is 1.17. The lowest BCUT2D eigenvalue weighted by Crippen LogP contribution is -2.31. The Hall–Kier alpha value is -1.52. The zero-order valence-electron chi connectivity index (χ0n) is 13.1. The van der Waals surface area contributed by atoms with Crippen LogP contribution in [0, 0.1) is 0 Å². The lowest BCUT2D eigenvalue weighted by molar-refractivity contribution is -0.140. The van der Waals surface area contributed by atoms with Crippen LogP contribution in [0.15, 0.2) is 60.7 Å². The molecule has 0 fully saturated rings. The summed E-state index contributed by atoms with van der Waals surface area (Å²) in [5.74, 6) is -0.241. The fourth-order valence-corrected chi connectivity index (χ4v) is 4.83. The van der Waals surface area contributed by atoms with Crippen molar-refractivity contribution in [2.24, 2.45) is 0 Å². The molecule has 23 heavy (non-hydrogen) atoms. The topological polar surface area (TPSA) is 50.4 Å². The second-order valence-electron chi connectivity index (χ2n) is 5.00. The number of ether oxygens (including phenoxy) is 1. The summed E-state index contributed by atoms with van der Waals surface area (Å²) < 4.78 is 4.68. The van der Waals surface area contributed by atoms with E-state index in [1.807, 2.05) is 48.5 Å². The van der Waals surface area contributed by atoms with Crippen LogP contribution in [-0.4, -0.2) is 19.6 Å². The fourth-order valence-electron chi connectivity index (χ4n) is 2.09. The lowest BCUT2D eigenvalue weighted by Gasteiger charge is -2.25. The molecule has 4 nitrogen and oxygen atoms in total.